The van der Waals surface area contributed by atoms with Crippen LogP contribution in [0.4, 0.5) is 0 Å². The molecule has 0 radical (unpaired) electrons. The number of dihydropyridines is 1. The molecule has 1 N–H and O–H groups in total. The van der Waals surface area contributed by atoms with Gasteiger partial charge in [0.15, 0.2) is 17.3 Å². The molecular formula is C28H31NO5S. The summed E-state index contributed by atoms with van der Waals surface area (Å²) in [7, 11) is 3.22. The van der Waals surface area contributed by atoms with Crippen LogP contribution in [0.25, 0.3) is 0 Å². The normalized spacial score (nSPS) is 22.7. The van der Waals surface area contributed by atoms with Crippen molar-refractivity contribution in [2.45, 2.75) is 63.4 Å². The van der Waals surface area contributed by atoms with E-state index >= 15 is 0 Å². The maximum absolute atomic E-state index is 13.7. The van der Waals surface area contributed by atoms with E-state index in [9.17, 15) is 9.59 Å². The first-order valence-corrected chi connectivity index (χ1v) is 13.1. The average Bonchev–Trinajstić information content (AvgIpc) is 3.57. The van der Waals surface area contributed by atoms with Crippen molar-refractivity contribution < 1.29 is 23.8 Å². The Morgan fingerprint density at radius 3 is 2.51 bits per heavy atom. The van der Waals surface area contributed by atoms with Crippen LogP contribution in [0.2, 0.25) is 0 Å². The van der Waals surface area contributed by atoms with Gasteiger partial charge in [0, 0.05) is 28.3 Å². The Bertz CT molecular complexity index is 1190. The molecule has 6 nitrogen and oxygen atoms in total. The third-order valence-electron chi connectivity index (χ3n) is 7.33. The number of hydrogen-bond donors (Lipinski definition) is 1. The van der Waals surface area contributed by atoms with Gasteiger partial charge in [-0.1, -0.05) is 12.1 Å². The number of thiophene rings is 1. The first-order valence-electron chi connectivity index (χ1n) is 12.2. The zero-order valence-electron chi connectivity index (χ0n) is 20.4. The smallest absolute Gasteiger partial charge is 0.337 e. The summed E-state index contributed by atoms with van der Waals surface area (Å²) >= 11 is 1.57. The molecule has 2 unspecified atom stereocenters. The van der Waals surface area contributed by atoms with Gasteiger partial charge in [-0.25, -0.2) is 4.79 Å². The summed E-state index contributed by atoms with van der Waals surface area (Å²) in [4.78, 5) is 28.1. The van der Waals surface area contributed by atoms with E-state index in [2.05, 4.69) is 5.32 Å². The number of rotatable bonds is 6. The predicted octanol–water partition coefficient (Wildman–Crippen LogP) is 5.61. The lowest BCUT2D eigenvalue weighted by molar-refractivity contribution is -0.144. The number of carbonyl (C=O) groups is 2. The Kier molecular flexibility index (Phi) is 6.69. The van der Waals surface area contributed by atoms with Gasteiger partial charge < -0.3 is 19.5 Å². The summed E-state index contributed by atoms with van der Waals surface area (Å²) in [5, 5.41) is 5.43. The van der Waals surface area contributed by atoms with Gasteiger partial charge in [-0.15, -0.1) is 11.3 Å². The van der Waals surface area contributed by atoms with Crippen molar-refractivity contribution in [1.82, 2.24) is 5.32 Å². The Hall–Kier alpha value is -3.06. The molecule has 1 fully saturated rings. The van der Waals surface area contributed by atoms with Gasteiger partial charge in [-0.2, -0.15) is 0 Å². The van der Waals surface area contributed by atoms with Crippen LogP contribution in [0, 0.1) is 0 Å². The largest absolute Gasteiger partial charge is 0.493 e. The van der Waals surface area contributed by atoms with E-state index in [1.54, 1.807) is 25.6 Å². The molecule has 2 atom stereocenters. The topological polar surface area (TPSA) is 73.9 Å². The van der Waals surface area contributed by atoms with Crippen LogP contribution in [0.5, 0.6) is 11.5 Å². The lowest BCUT2D eigenvalue weighted by Crippen LogP contribution is -2.36. The fourth-order valence-corrected chi connectivity index (χ4v) is 6.46. The highest BCUT2D eigenvalue weighted by Gasteiger charge is 2.42. The summed E-state index contributed by atoms with van der Waals surface area (Å²) in [6, 6.07) is 9.81. The van der Waals surface area contributed by atoms with Crippen LogP contribution in [-0.2, 0) is 14.3 Å². The van der Waals surface area contributed by atoms with Crippen LogP contribution < -0.4 is 14.8 Å². The quantitative estimate of drug-likeness (QED) is 0.527. The molecule has 2 aromatic rings. The van der Waals surface area contributed by atoms with E-state index in [0.717, 1.165) is 47.5 Å². The Morgan fingerprint density at radius 2 is 1.83 bits per heavy atom. The molecule has 1 aromatic heterocycles. The van der Waals surface area contributed by atoms with Gasteiger partial charge in [-0.3, -0.25) is 4.79 Å². The standard InChI is InChI=1S/C28H31NO5S/c1-16-25(28(31)34-19-7-4-5-8-19)27(24-9-6-12-35-24)26-20(29-16)13-18(14-21(26)30)17-10-11-22(32-2)23(15-17)33-3/h6,9-12,15,18-19,27,29H,4-5,7-8,13-14H2,1-3H3. The number of nitrogens with one attached hydrogen (secondary N) is 1. The Morgan fingerprint density at radius 1 is 1.06 bits per heavy atom. The van der Waals surface area contributed by atoms with E-state index in [0.29, 0.717) is 35.5 Å². The Labute approximate surface area is 210 Å². The molecule has 2 aliphatic carbocycles. The zero-order chi connectivity index (χ0) is 24.5. The molecule has 7 heteroatoms. The van der Waals surface area contributed by atoms with Crippen molar-refractivity contribution in [2.75, 3.05) is 14.2 Å². The predicted molar refractivity (Wildman–Crippen MR) is 135 cm³/mol. The first-order chi connectivity index (χ1) is 17.0. The van der Waals surface area contributed by atoms with E-state index in [4.69, 9.17) is 14.2 Å². The van der Waals surface area contributed by atoms with Crippen molar-refractivity contribution in [3.8, 4) is 11.5 Å². The SMILES string of the molecule is COc1ccc(C2CC(=O)C3=C(C2)NC(C)=C(C(=O)OC2CCCC2)C3c2cccs2)cc1OC. The summed E-state index contributed by atoms with van der Waals surface area (Å²) < 4.78 is 16.8. The van der Waals surface area contributed by atoms with E-state index in [1.165, 1.54) is 0 Å². The maximum Gasteiger partial charge on any atom is 0.337 e. The molecule has 184 valence electrons. The zero-order valence-corrected chi connectivity index (χ0v) is 21.2. The van der Waals surface area contributed by atoms with Crippen LogP contribution >= 0.6 is 11.3 Å². The van der Waals surface area contributed by atoms with Crippen molar-refractivity contribution in [3.63, 3.8) is 0 Å². The highest BCUT2D eigenvalue weighted by atomic mass is 32.1. The van der Waals surface area contributed by atoms with Gasteiger partial charge in [0.2, 0.25) is 0 Å². The molecule has 0 saturated heterocycles. The monoisotopic (exact) mass is 493 g/mol. The summed E-state index contributed by atoms with van der Waals surface area (Å²) in [6.07, 6.45) is 5.03. The van der Waals surface area contributed by atoms with E-state index in [1.807, 2.05) is 42.6 Å². The molecule has 1 aromatic carbocycles. The third kappa shape index (κ3) is 4.49. The molecule has 2 heterocycles. The third-order valence-corrected chi connectivity index (χ3v) is 8.27. The Balaban J connectivity index is 1.49. The molecule has 3 aliphatic rings. The fourth-order valence-electron chi connectivity index (χ4n) is 5.61. The first kappa shape index (κ1) is 23.7. The minimum Gasteiger partial charge on any atom is -0.493 e. The van der Waals surface area contributed by atoms with Crippen LogP contribution in [-0.4, -0.2) is 32.1 Å². The number of ketones is 1. The lowest BCUT2D eigenvalue weighted by Gasteiger charge is -2.36. The second kappa shape index (κ2) is 9.90. The van der Waals surface area contributed by atoms with Gasteiger partial charge in [0.25, 0.3) is 0 Å². The summed E-state index contributed by atoms with van der Waals surface area (Å²) in [5.41, 5.74) is 3.97. The summed E-state index contributed by atoms with van der Waals surface area (Å²) in [5.74, 6) is 0.697. The number of hydrogen-bond acceptors (Lipinski definition) is 7. The maximum atomic E-state index is 13.7. The van der Waals surface area contributed by atoms with Crippen molar-refractivity contribution in [3.05, 3.63) is 68.7 Å². The number of benzene rings is 1. The van der Waals surface area contributed by atoms with Crippen molar-refractivity contribution in [1.29, 1.82) is 0 Å². The second-order valence-corrected chi connectivity index (χ2v) is 10.4. The molecule has 0 spiro atoms. The number of ether oxygens (including phenoxy) is 3. The highest BCUT2D eigenvalue weighted by Crippen LogP contribution is 2.47. The number of Topliss-reactive ketones (excluding diaryl/α,β-unsaturated/α-hetero) is 1. The van der Waals surface area contributed by atoms with Gasteiger partial charge in [-0.05, 0) is 74.1 Å². The molecule has 1 saturated carbocycles. The second-order valence-electron chi connectivity index (χ2n) is 9.46. The fraction of sp³-hybridized carbons (Fsp3) is 0.429. The average molecular weight is 494 g/mol. The van der Waals surface area contributed by atoms with Crippen molar-refractivity contribution >= 4 is 23.1 Å². The molecule has 5 rings (SSSR count). The number of allylic oxidation sites excluding steroid dienone is 3. The van der Waals surface area contributed by atoms with Crippen LogP contribution in [0.3, 0.4) is 0 Å². The lowest BCUT2D eigenvalue weighted by atomic mass is 9.73. The number of esters is 1. The number of carbonyl (C=O) groups excluding carboxylic acids is 2. The molecule has 0 amide bonds. The highest BCUT2D eigenvalue weighted by molar-refractivity contribution is 7.10. The van der Waals surface area contributed by atoms with Crippen LogP contribution in [0.1, 0.15) is 67.7 Å². The minimum absolute atomic E-state index is 0.0114. The van der Waals surface area contributed by atoms with E-state index in [-0.39, 0.29) is 29.7 Å². The summed E-state index contributed by atoms with van der Waals surface area (Å²) in [6.45, 7) is 1.92. The molecule has 1 aliphatic heterocycles. The van der Waals surface area contributed by atoms with E-state index < -0.39 is 0 Å². The number of methoxy groups -OCH3 is 2. The molecule has 0 bridgehead atoms. The van der Waals surface area contributed by atoms with Gasteiger partial charge in [0.1, 0.15) is 6.10 Å². The molecular weight excluding hydrogens is 462 g/mol. The van der Waals surface area contributed by atoms with Gasteiger partial charge in [0.05, 0.1) is 25.7 Å². The van der Waals surface area contributed by atoms with Crippen molar-refractivity contribution in [2.24, 2.45) is 0 Å². The molecule has 35 heavy (non-hydrogen) atoms. The van der Waals surface area contributed by atoms with Crippen LogP contribution in [0.15, 0.2) is 58.3 Å². The minimum atomic E-state index is -0.390. The van der Waals surface area contributed by atoms with Gasteiger partial charge >= 0.3 is 5.97 Å².